The Balaban J connectivity index is 2.28. The molecule has 2 heterocycles. The number of rotatable bonds is 3. The second-order valence-corrected chi connectivity index (χ2v) is 4.82. The van der Waals surface area contributed by atoms with Crippen molar-refractivity contribution in [3.8, 4) is 11.4 Å². The van der Waals surface area contributed by atoms with Gasteiger partial charge in [0.05, 0.1) is 11.2 Å². The van der Waals surface area contributed by atoms with Gasteiger partial charge in [-0.25, -0.2) is 4.98 Å². The standard InChI is InChI=1S/C14H11F2N3OS/c1-8-6-7-9-12(17-8)19(14(21)18-9)10-4-2-3-5-11(10)20-13(15)16/h2-7,13H,1H3,(H,18,21). The van der Waals surface area contributed by atoms with Gasteiger partial charge < -0.3 is 9.72 Å². The van der Waals surface area contributed by atoms with Gasteiger partial charge in [-0.2, -0.15) is 8.78 Å². The van der Waals surface area contributed by atoms with Gasteiger partial charge in [-0.1, -0.05) is 12.1 Å². The predicted molar refractivity (Wildman–Crippen MR) is 77.6 cm³/mol. The third-order valence-corrected chi connectivity index (χ3v) is 3.28. The Morgan fingerprint density at radius 3 is 2.76 bits per heavy atom. The zero-order chi connectivity index (χ0) is 15.0. The van der Waals surface area contributed by atoms with Crippen molar-refractivity contribution in [3.05, 3.63) is 46.9 Å². The molecular weight excluding hydrogens is 296 g/mol. The van der Waals surface area contributed by atoms with Crippen LogP contribution in [0.2, 0.25) is 0 Å². The number of halogens is 2. The molecule has 0 bridgehead atoms. The fourth-order valence-electron chi connectivity index (χ4n) is 2.14. The van der Waals surface area contributed by atoms with Crippen LogP contribution in [0.15, 0.2) is 36.4 Å². The van der Waals surface area contributed by atoms with Gasteiger partial charge in [0.2, 0.25) is 0 Å². The van der Waals surface area contributed by atoms with E-state index in [2.05, 4.69) is 14.7 Å². The lowest BCUT2D eigenvalue weighted by molar-refractivity contribution is -0.0498. The molecule has 21 heavy (non-hydrogen) atoms. The van der Waals surface area contributed by atoms with Crippen molar-refractivity contribution in [2.45, 2.75) is 13.5 Å². The summed E-state index contributed by atoms with van der Waals surface area (Å²) in [5.74, 6) is 0.0489. The van der Waals surface area contributed by atoms with E-state index >= 15 is 0 Å². The molecule has 0 aliphatic carbocycles. The van der Waals surface area contributed by atoms with E-state index < -0.39 is 6.61 Å². The minimum Gasteiger partial charge on any atom is -0.433 e. The van der Waals surface area contributed by atoms with Crippen molar-refractivity contribution in [3.63, 3.8) is 0 Å². The number of aryl methyl sites for hydroxylation is 1. The van der Waals surface area contributed by atoms with Gasteiger partial charge in [0.15, 0.2) is 10.4 Å². The smallest absolute Gasteiger partial charge is 0.387 e. The molecule has 0 aliphatic heterocycles. The zero-order valence-corrected chi connectivity index (χ0v) is 11.8. The number of alkyl halides is 2. The first kappa shape index (κ1) is 13.7. The van der Waals surface area contributed by atoms with E-state index in [1.165, 1.54) is 6.07 Å². The maximum absolute atomic E-state index is 12.5. The largest absolute Gasteiger partial charge is 0.433 e. The molecule has 0 unspecified atom stereocenters. The molecule has 0 aliphatic rings. The van der Waals surface area contributed by atoms with Crippen molar-refractivity contribution in [1.29, 1.82) is 0 Å². The number of ether oxygens (including phenoxy) is 1. The number of nitrogens with zero attached hydrogens (tertiary/aromatic N) is 2. The van der Waals surface area contributed by atoms with Gasteiger partial charge in [0, 0.05) is 5.69 Å². The number of para-hydroxylation sites is 2. The third kappa shape index (κ3) is 2.52. The van der Waals surface area contributed by atoms with Gasteiger partial charge in [0.25, 0.3) is 0 Å². The Hall–Kier alpha value is -2.28. The Morgan fingerprint density at radius 1 is 1.24 bits per heavy atom. The molecule has 108 valence electrons. The Kier molecular flexibility index (Phi) is 3.42. The summed E-state index contributed by atoms with van der Waals surface area (Å²) >= 11 is 5.28. The summed E-state index contributed by atoms with van der Waals surface area (Å²) in [6, 6.07) is 10.2. The zero-order valence-electron chi connectivity index (χ0n) is 11.0. The Morgan fingerprint density at radius 2 is 2.00 bits per heavy atom. The summed E-state index contributed by atoms with van der Waals surface area (Å²) in [6.07, 6.45) is 0. The molecule has 1 aromatic carbocycles. The van der Waals surface area contributed by atoms with E-state index in [1.807, 2.05) is 19.1 Å². The third-order valence-electron chi connectivity index (χ3n) is 2.99. The highest BCUT2D eigenvalue weighted by Gasteiger charge is 2.14. The molecule has 4 nitrogen and oxygen atoms in total. The molecule has 0 radical (unpaired) electrons. The van der Waals surface area contributed by atoms with E-state index in [9.17, 15) is 8.78 Å². The number of benzene rings is 1. The highest BCUT2D eigenvalue weighted by molar-refractivity contribution is 7.71. The summed E-state index contributed by atoms with van der Waals surface area (Å²) in [4.78, 5) is 7.42. The van der Waals surface area contributed by atoms with Crippen LogP contribution >= 0.6 is 12.2 Å². The van der Waals surface area contributed by atoms with E-state index in [-0.39, 0.29) is 5.75 Å². The SMILES string of the molecule is Cc1ccc2[nH]c(=S)n(-c3ccccc3OC(F)F)c2n1. The second-order valence-electron chi connectivity index (χ2n) is 4.44. The summed E-state index contributed by atoms with van der Waals surface area (Å²) in [5, 5.41) is 0. The molecule has 0 saturated heterocycles. The van der Waals surface area contributed by atoms with E-state index in [4.69, 9.17) is 12.2 Å². The first-order chi connectivity index (χ1) is 10.1. The number of imidazole rings is 1. The monoisotopic (exact) mass is 307 g/mol. The van der Waals surface area contributed by atoms with Gasteiger partial charge in [-0.15, -0.1) is 0 Å². The van der Waals surface area contributed by atoms with Gasteiger partial charge >= 0.3 is 6.61 Å². The van der Waals surface area contributed by atoms with Crippen LogP contribution in [0.1, 0.15) is 5.69 Å². The van der Waals surface area contributed by atoms with Crippen molar-refractivity contribution in [1.82, 2.24) is 14.5 Å². The molecule has 0 atom stereocenters. The molecular formula is C14H11F2N3OS. The van der Waals surface area contributed by atoms with Crippen LogP contribution in [0.3, 0.4) is 0 Å². The highest BCUT2D eigenvalue weighted by Crippen LogP contribution is 2.27. The summed E-state index contributed by atoms with van der Waals surface area (Å²) in [5.41, 5.74) is 2.53. The summed E-state index contributed by atoms with van der Waals surface area (Å²) in [6.45, 7) is -1.05. The second kappa shape index (κ2) is 5.25. The molecule has 2 aromatic heterocycles. The molecule has 0 fully saturated rings. The molecule has 0 amide bonds. The van der Waals surface area contributed by atoms with Crippen LogP contribution < -0.4 is 4.74 Å². The summed E-state index contributed by atoms with van der Waals surface area (Å²) in [7, 11) is 0. The minimum atomic E-state index is -2.90. The van der Waals surface area contributed by atoms with Crippen LogP contribution in [0.5, 0.6) is 5.75 Å². The molecule has 3 aromatic rings. The number of hydrogen-bond acceptors (Lipinski definition) is 3. The first-order valence-corrected chi connectivity index (χ1v) is 6.59. The van der Waals surface area contributed by atoms with Crippen LogP contribution in [0.4, 0.5) is 8.78 Å². The van der Waals surface area contributed by atoms with Crippen molar-refractivity contribution < 1.29 is 13.5 Å². The lowest BCUT2D eigenvalue weighted by atomic mass is 10.3. The predicted octanol–water partition coefficient (Wildman–Crippen LogP) is 3.99. The van der Waals surface area contributed by atoms with Crippen molar-refractivity contribution in [2.75, 3.05) is 0 Å². The number of hydrogen-bond donors (Lipinski definition) is 1. The van der Waals surface area contributed by atoms with Gasteiger partial charge in [-0.05, 0) is 43.4 Å². The minimum absolute atomic E-state index is 0.0489. The Bertz CT molecular complexity index is 857. The van der Waals surface area contributed by atoms with Gasteiger partial charge in [-0.3, -0.25) is 4.57 Å². The van der Waals surface area contributed by atoms with Crippen LogP contribution in [-0.2, 0) is 0 Å². The highest BCUT2D eigenvalue weighted by atomic mass is 32.1. The molecule has 0 saturated carbocycles. The number of aromatic amines is 1. The van der Waals surface area contributed by atoms with Gasteiger partial charge in [0.1, 0.15) is 5.75 Å². The van der Waals surface area contributed by atoms with E-state index in [1.54, 1.807) is 22.8 Å². The van der Waals surface area contributed by atoms with Crippen LogP contribution in [-0.4, -0.2) is 21.1 Å². The quantitative estimate of drug-likeness (QED) is 0.744. The topological polar surface area (TPSA) is 42.8 Å². The van der Waals surface area contributed by atoms with Crippen molar-refractivity contribution in [2.24, 2.45) is 0 Å². The molecule has 0 spiro atoms. The maximum atomic E-state index is 12.5. The van der Waals surface area contributed by atoms with E-state index in [0.29, 0.717) is 16.1 Å². The van der Waals surface area contributed by atoms with E-state index in [0.717, 1.165) is 11.2 Å². The number of pyridine rings is 1. The molecule has 3 rings (SSSR count). The Labute approximate surface area is 124 Å². The fourth-order valence-corrected chi connectivity index (χ4v) is 2.43. The maximum Gasteiger partial charge on any atom is 0.387 e. The lowest BCUT2D eigenvalue weighted by Crippen LogP contribution is -2.06. The average molecular weight is 307 g/mol. The average Bonchev–Trinajstić information content (AvgIpc) is 2.74. The normalized spacial score (nSPS) is 11.2. The number of H-pyrrole nitrogens is 1. The van der Waals surface area contributed by atoms with Crippen LogP contribution in [0.25, 0.3) is 16.9 Å². The number of aromatic nitrogens is 3. The number of nitrogens with one attached hydrogen (secondary N) is 1. The number of fused-ring (bicyclic) bond motifs is 1. The van der Waals surface area contributed by atoms with Crippen LogP contribution in [0, 0.1) is 11.7 Å². The van der Waals surface area contributed by atoms with Crippen molar-refractivity contribution >= 4 is 23.4 Å². The summed E-state index contributed by atoms with van der Waals surface area (Å²) < 4.78 is 31.6. The lowest BCUT2D eigenvalue weighted by Gasteiger charge is -2.11. The fraction of sp³-hybridized carbons (Fsp3) is 0.143. The molecule has 1 N–H and O–H groups in total. The first-order valence-electron chi connectivity index (χ1n) is 6.19. The molecule has 7 heteroatoms.